The molecule has 0 bridgehead atoms. The molecule has 15 nitrogen and oxygen atoms in total. The molecule has 1 aromatic heterocycles. The van der Waals surface area contributed by atoms with Crippen molar-refractivity contribution in [2.24, 2.45) is 28.1 Å². The van der Waals surface area contributed by atoms with E-state index >= 15 is 0 Å². The first-order valence-corrected chi connectivity index (χ1v) is 31.2. The van der Waals surface area contributed by atoms with Gasteiger partial charge in [0.05, 0.1) is 25.5 Å². The highest BCUT2D eigenvalue weighted by molar-refractivity contribution is 5.87. The van der Waals surface area contributed by atoms with Crippen molar-refractivity contribution in [3.63, 3.8) is 0 Å². The molecule has 0 radical (unpaired) electrons. The molecular formula is C62H115N7O8. The summed E-state index contributed by atoms with van der Waals surface area (Å²) in [4.78, 5) is 72.8. The average molecular weight is 1090 g/mol. The standard InChI is InChI=1S/C62H115N7O8/c1-12-18-22-26-28-32-36-49(34-30-24-20-14-3)43-76-58(73)66-51(16-5)41-61(10,17-6)46-64-57(72)75-39-38-53-48(7)65-55(68-54(53)70)69-56(71)63-47-62(11)42-52(40-60(8,9)45-62)67-59(74)77-44-50(35-31-25-21-15-4)37-33-29-27-23-19-13-2/h49-52H,12-47H2,1-11H3,(H,64,72)(H,66,73)(H,67,74)(H3,63,65,68,69,70,71). The Bertz CT molecular complexity index is 1840. The SMILES string of the molecule is CCCCCCCCC(CCCCCC)COC(=O)NC(CC)CC(C)(CC)CNC(=O)OCCc1c(C)nc(NC(=O)NCC2(C)CC(NC(=O)OCC(CCCCCC)CCCCCCCC)CC(C)(C)C2)[nH]c1=O. The minimum absolute atomic E-state index is 0.0153. The quantitative estimate of drug-likeness (QED) is 0.0272. The number of aryl methyl sites for hydroxylation is 1. The van der Waals surface area contributed by atoms with E-state index < -0.39 is 17.7 Å². The molecular weight excluding hydrogens is 971 g/mol. The van der Waals surface area contributed by atoms with Gasteiger partial charge in [0.15, 0.2) is 0 Å². The van der Waals surface area contributed by atoms with E-state index in [4.69, 9.17) is 14.2 Å². The summed E-state index contributed by atoms with van der Waals surface area (Å²) in [5.74, 6) is 0.781. The molecule has 1 heterocycles. The van der Waals surface area contributed by atoms with E-state index in [2.05, 4.69) is 98.9 Å². The molecule has 1 aliphatic rings. The van der Waals surface area contributed by atoms with Crippen LogP contribution in [0.2, 0.25) is 0 Å². The number of unbranched alkanes of at least 4 members (excludes halogenated alkanes) is 16. The second kappa shape index (κ2) is 39.3. The van der Waals surface area contributed by atoms with Gasteiger partial charge in [-0.3, -0.25) is 15.1 Å². The van der Waals surface area contributed by atoms with E-state index in [1.165, 1.54) is 128 Å². The molecule has 1 fully saturated rings. The highest BCUT2D eigenvalue weighted by Crippen LogP contribution is 2.46. The number of hydrogen-bond donors (Lipinski definition) is 6. The average Bonchev–Trinajstić information content (AvgIpc) is 3.38. The number of aromatic nitrogens is 2. The summed E-state index contributed by atoms with van der Waals surface area (Å²) in [6.45, 7) is 24.9. The lowest BCUT2D eigenvalue weighted by Crippen LogP contribution is -2.51. The molecule has 6 unspecified atom stereocenters. The van der Waals surface area contributed by atoms with E-state index in [9.17, 15) is 24.0 Å². The second-order valence-corrected chi connectivity index (χ2v) is 24.8. The normalized spacial score (nSPS) is 18.0. The van der Waals surface area contributed by atoms with Gasteiger partial charge in [-0.1, -0.05) is 198 Å². The van der Waals surface area contributed by atoms with Crippen LogP contribution in [0.3, 0.4) is 0 Å². The molecule has 15 heteroatoms. The smallest absolute Gasteiger partial charge is 0.407 e. The zero-order chi connectivity index (χ0) is 57.0. The van der Waals surface area contributed by atoms with Crippen molar-refractivity contribution in [2.75, 3.05) is 38.2 Å². The molecule has 446 valence electrons. The molecule has 0 aliphatic heterocycles. The van der Waals surface area contributed by atoms with Gasteiger partial charge in [0, 0.05) is 37.2 Å². The van der Waals surface area contributed by atoms with Crippen molar-refractivity contribution in [3.05, 3.63) is 21.6 Å². The zero-order valence-corrected chi connectivity index (χ0v) is 51.0. The lowest BCUT2D eigenvalue weighted by atomic mass is 9.62. The van der Waals surface area contributed by atoms with Gasteiger partial charge in [0.1, 0.15) is 0 Å². The Balaban J connectivity index is 1.85. The maximum atomic E-state index is 13.2. The van der Waals surface area contributed by atoms with E-state index in [0.717, 1.165) is 51.4 Å². The summed E-state index contributed by atoms with van der Waals surface area (Å²) in [5.41, 5.74) is -0.377. The Morgan fingerprint density at radius 1 is 0.675 bits per heavy atom. The number of carbonyl (C=O) groups excluding carboxylic acids is 4. The number of amides is 5. The Morgan fingerprint density at radius 2 is 1.18 bits per heavy atom. The van der Waals surface area contributed by atoms with Gasteiger partial charge in [-0.15, -0.1) is 0 Å². The van der Waals surface area contributed by atoms with Gasteiger partial charge in [-0.05, 0) is 99.2 Å². The monoisotopic (exact) mass is 1090 g/mol. The summed E-state index contributed by atoms with van der Waals surface area (Å²) in [6.07, 6.45) is 32.4. The number of H-pyrrole nitrogens is 1. The first-order chi connectivity index (χ1) is 36.8. The molecule has 6 N–H and O–H groups in total. The number of carbonyl (C=O) groups is 4. The van der Waals surface area contributed by atoms with Crippen LogP contribution in [0.25, 0.3) is 0 Å². The first kappa shape index (κ1) is 69.1. The van der Waals surface area contributed by atoms with Crippen molar-refractivity contribution in [2.45, 2.75) is 287 Å². The van der Waals surface area contributed by atoms with Gasteiger partial charge in [0.25, 0.3) is 5.56 Å². The Labute approximate surface area is 468 Å². The lowest BCUT2D eigenvalue weighted by molar-refractivity contribution is 0.0635. The zero-order valence-electron chi connectivity index (χ0n) is 51.0. The number of aromatic amines is 1. The predicted octanol–water partition coefficient (Wildman–Crippen LogP) is 15.8. The third-order valence-electron chi connectivity index (χ3n) is 16.3. The molecule has 1 saturated carbocycles. The number of urea groups is 1. The summed E-state index contributed by atoms with van der Waals surface area (Å²) >= 11 is 0. The van der Waals surface area contributed by atoms with Crippen LogP contribution in [-0.4, -0.2) is 79.3 Å². The van der Waals surface area contributed by atoms with Crippen LogP contribution in [0.5, 0.6) is 0 Å². The molecule has 0 saturated heterocycles. The molecule has 1 aromatic rings. The number of ether oxygens (including phenoxy) is 3. The second-order valence-electron chi connectivity index (χ2n) is 24.8. The van der Waals surface area contributed by atoms with Crippen LogP contribution in [0.15, 0.2) is 4.79 Å². The van der Waals surface area contributed by atoms with E-state index in [1.54, 1.807) is 6.92 Å². The number of rotatable bonds is 42. The number of anilines is 1. The van der Waals surface area contributed by atoms with Crippen molar-refractivity contribution in [3.8, 4) is 0 Å². The molecule has 77 heavy (non-hydrogen) atoms. The Hall–Kier alpha value is -4.04. The maximum Gasteiger partial charge on any atom is 0.407 e. The van der Waals surface area contributed by atoms with Crippen molar-refractivity contribution >= 4 is 30.3 Å². The highest BCUT2D eigenvalue weighted by Gasteiger charge is 2.42. The number of hydrogen-bond acceptors (Lipinski definition) is 9. The summed E-state index contributed by atoms with van der Waals surface area (Å²) in [5, 5.41) is 14.9. The fraction of sp³-hybridized carbons (Fsp3) is 0.871. The van der Waals surface area contributed by atoms with Gasteiger partial charge < -0.3 is 35.5 Å². The predicted molar refractivity (Wildman–Crippen MR) is 316 cm³/mol. The topological polar surface area (TPSA) is 202 Å². The van der Waals surface area contributed by atoms with Gasteiger partial charge in [0.2, 0.25) is 5.95 Å². The fourth-order valence-electron chi connectivity index (χ4n) is 11.7. The Kier molecular flexibility index (Phi) is 35.3. The number of alkyl carbamates (subject to hydrolysis) is 3. The summed E-state index contributed by atoms with van der Waals surface area (Å²) in [6, 6.07) is -0.721. The lowest BCUT2D eigenvalue weighted by Gasteiger charge is -2.46. The Morgan fingerprint density at radius 3 is 1.69 bits per heavy atom. The van der Waals surface area contributed by atoms with Crippen LogP contribution < -0.4 is 32.1 Å². The van der Waals surface area contributed by atoms with Crippen molar-refractivity contribution < 1.29 is 33.4 Å². The van der Waals surface area contributed by atoms with Crippen molar-refractivity contribution in [1.29, 1.82) is 0 Å². The third-order valence-corrected chi connectivity index (χ3v) is 16.3. The number of nitrogens with zero attached hydrogens (tertiary/aromatic N) is 1. The molecule has 2 rings (SSSR count). The molecule has 6 atom stereocenters. The fourth-order valence-corrected chi connectivity index (χ4v) is 11.7. The van der Waals surface area contributed by atoms with Gasteiger partial charge >= 0.3 is 24.3 Å². The summed E-state index contributed by atoms with van der Waals surface area (Å²) in [7, 11) is 0. The molecule has 0 aromatic carbocycles. The van der Waals surface area contributed by atoms with Gasteiger partial charge in [-0.25, -0.2) is 24.2 Å². The van der Waals surface area contributed by atoms with Crippen LogP contribution in [-0.2, 0) is 20.6 Å². The largest absolute Gasteiger partial charge is 0.449 e. The number of nitrogens with one attached hydrogen (secondary N) is 6. The first-order valence-electron chi connectivity index (χ1n) is 31.2. The van der Waals surface area contributed by atoms with Crippen LogP contribution in [0.1, 0.15) is 273 Å². The van der Waals surface area contributed by atoms with Crippen LogP contribution in [0.4, 0.5) is 25.1 Å². The molecule has 0 spiro atoms. The van der Waals surface area contributed by atoms with E-state index in [1.807, 2.05) is 6.92 Å². The summed E-state index contributed by atoms with van der Waals surface area (Å²) < 4.78 is 17.2. The third kappa shape index (κ3) is 31.4. The van der Waals surface area contributed by atoms with E-state index in [0.29, 0.717) is 62.2 Å². The molecule has 5 amide bonds. The minimum atomic E-state index is -0.592. The van der Waals surface area contributed by atoms with Gasteiger partial charge in [-0.2, -0.15) is 0 Å². The van der Waals surface area contributed by atoms with Crippen LogP contribution >= 0.6 is 0 Å². The van der Waals surface area contributed by atoms with Crippen LogP contribution in [0, 0.1) is 35.0 Å². The molecule has 1 aliphatic carbocycles. The highest BCUT2D eigenvalue weighted by atomic mass is 16.6. The maximum absolute atomic E-state index is 13.2. The van der Waals surface area contributed by atoms with Crippen molar-refractivity contribution in [1.82, 2.24) is 31.2 Å². The minimum Gasteiger partial charge on any atom is -0.449 e. The van der Waals surface area contributed by atoms with E-state index in [-0.39, 0.29) is 59.5 Å².